The highest BCUT2D eigenvalue weighted by Crippen LogP contribution is 2.23. The van der Waals surface area contributed by atoms with Gasteiger partial charge in [0.2, 0.25) is 0 Å². The molecule has 1 amide bonds. The summed E-state index contributed by atoms with van der Waals surface area (Å²) in [5, 5.41) is 12.5. The van der Waals surface area contributed by atoms with E-state index in [4.69, 9.17) is 11.2 Å². The van der Waals surface area contributed by atoms with Crippen LogP contribution in [0.4, 0.5) is 0 Å². The quantitative estimate of drug-likeness (QED) is 0.726. The molecule has 21 heavy (non-hydrogen) atoms. The van der Waals surface area contributed by atoms with E-state index in [0.717, 1.165) is 19.4 Å². The Hall–Kier alpha value is -1.09. The molecule has 0 bridgehead atoms. The lowest BCUT2D eigenvalue weighted by molar-refractivity contribution is -0.158. The van der Waals surface area contributed by atoms with E-state index >= 15 is 0 Å². The molecule has 5 nitrogen and oxygen atoms in total. The van der Waals surface area contributed by atoms with Gasteiger partial charge in [0.15, 0.2) is 6.10 Å². The number of piperidine rings is 1. The molecule has 2 aliphatic heterocycles. The summed E-state index contributed by atoms with van der Waals surface area (Å²) < 4.78 is 5.79. The van der Waals surface area contributed by atoms with E-state index in [0.29, 0.717) is 6.42 Å². The van der Waals surface area contributed by atoms with Crippen LogP contribution in [0.5, 0.6) is 0 Å². The molecule has 2 fully saturated rings. The molecule has 3 atom stereocenters. The maximum atomic E-state index is 11.9. The number of amides is 1. The van der Waals surface area contributed by atoms with Crippen LogP contribution in [0.2, 0.25) is 0 Å². The third-order valence-corrected chi connectivity index (χ3v) is 4.31. The van der Waals surface area contributed by atoms with Gasteiger partial charge in [-0.3, -0.25) is 4.79 Å². The summed E-state index contributed by atoms with van der Waals surface area (Å²) in [6.07, 6.45) is 9.91. The van der Waals surface area contributed by atoms with E-state index in [1.165, 1.54) is 32.4 Å². The monoisotopic (exact) mass is 294 g/mol. The van der Waals surface area contributed by atoms with Crippen molar-refractivity contribution < 1.29 is 14.6 Å². The zero-order chi connectivity index (χ0) is 15.1. The van der Waals surface area contributed by atoms with Crippen LogP contribution in [-0.2, 0) is 9.53 Å². The molecule has 2 aliphatic rings. The number of aliphatic hydroxyl groups excluding tert-OH is 1. The summed E-state index contributed by atoms with van der Waals surface area (Å²) in [6.45, 7) is 3.52. The van der Waals surface area contributed by atoms with E-state index in [1.807, 2.05) is 0 Å². The van der Waals surface area contributed by atoms with Crippen LogP contribution < -0.4 is 5.32 Å². The third kappa shape index (κ3) is 4.99. The van der Waals surface area contributed by atoms with Gasteiger partial charge in [-0.15, -0.1) is 6.42 Å². The third-order valence-electron chi connectivity index (χ3n) is 4.31. The van der Waals surface area contributed by atoms with Crippen LogP contribution in [0, 0.1) is 12.3 Å². The average Bonchev–Trinajstić information content (AvgIpc) is 2.52. The van der Waals surface area contributed by atoms with Crippen molar-refractivity contribution in [2.24, 2.45) is 0 Å². The van der Waals surface area contributed by atoms with Gasteiger partial charge in [0.1, 0.15) is 0 Å². The van der Waals surface area contributed by atoms with Crippen LogP contribution in [0.25, 0.3) is 0 Å². The van der Waals surface area contributed by atoms with Crippen molar-refractivity contribution in [2.45, 2.75) is 56.8 Å². The topological polar surface area (TPSA) is 61.8 Å². The molecular formula is C16H26N2O3. The van der Waals surface area contributed by atoms with Crippen molar-refractivity contribution >= 4 is 5.91 Å². The maximum Gasteiger partial charge on any atom is 0.252 e. The molecular weight excluding hydrogens is 268 g/mol. The number of rotatable bonds is 5. The van der Waals surface area contributed by atoms with Crippen LogP contribution in [-0.4, -0.2) is 60.4 Å². The Kier molecular flexibility index (Phi) is 6.50. The molecule has 2 heterocycles. The normalized spacial score (nSPS) is 30.6. The van der Waals surface area contributed by atoms with Gasteiger partial charge in [0.25, 0.3) is 5.91 Å². The number of likely N-dealkylation sites (tertiary alicyclic amines) is 1. The van der Waals surface area contributed by atoms with Gasteiger partial charge in [-0.1, -0.05) is 12.3 Å². The van der Waals surface area contributed by atoms with Crippen molar-refractivity contribution in [1.29, 1.82) is 0 Å². The second-order valence-corrected chi connectivity index (χ2v) is 5.94. The van der Waals surface area contributed by atoms with Crippen molar-refractivity contribution in [3.63, 3.8) is 0 Å². The highest BCUT2D eigenvalue weighted by Gasteiger charge is 2.34. The van der Waals surface area contributed by atoms with Crippen molar-refractivity contribution in [3.05, 3.63) is 0 Å². The number of ether oxygens (including phenoxy) is 1. The minimum atomic E-state index is -0.779. The SMILES string of the molecule is C#CCNC(=O)[C@H]1O[C@H](CCN2CCCCC2)CC[C@@H]1O. The predicted octanol–water partition coefficient (Wildman–Crippen LogP) is 0.520. The van der Waals surface area contributed by atoms with Crippen LogP contribution >= 0.6 is 0 Å². The number of hydrogen-bond donors (Lipinski definition) is 2. The molecule has 2 saturated heterocycles. The number of carbonyl (C=O) groups excluding carboxylic acids is 1. The summed E-state index contributed by atoms with van der Waals surface area (Å²) in [7, 11) is 0. The van der Waals surface area contributed by atoms with Crippen LogP contribution in [0.15, 0.2) is 0 Å². The summed E-state index contributed by atoms with van der Waals surface area (Å²) >= 11 is 0. The lowest BCUT2D eigenvalue weighted by Crippen LogP contribution is -2.49. The standard InChI is InChI=1S/C16H26N2O3/c1-2-9-17-16(20)15-14(19)7-6-13(21-15)8-12-18-10-4-3-5-11-18/h1,13-15,19H,3-12H2,(H,17,20)/t13-,14-,15-/m0/s1. The first-order valence-electron chi connectivity index (χ1n) is 7.97. The lowest BCUT2D eigenvalue weighted by Gasteiger charge is -2.34. The first kappa shape index (κ1) is 16.3. The molecule has 0 saturated carbocycles. The minimum absolute atomic E-state index is 0.0527. The van der Waals surface area contributed by atoms with Gasteiger partial charge in [0.05, 0.1) is 18.8 Å². The molecule has 0 radical (unpaired) electrons. The molecule has 0 aliphatic carbocycles. The first-order chi connectivity index (χ1) is 10.2. The molecule has 2 rings (SSSR count). The molecule has 0 aromatic heterocycles. The fourth-order valence-electron chi connectivity index (χ4n) is 3.07. The summed E-state index contributed by atoms with van der Waals surface area (Å²) in [6, 6.07) is 0. The second kappa shape index (κ2) is 8.38. The molecule has 2 N–H and O–H groups in total. The minimum Gasteiger partial charge on any atom is -0.390 e. The Morgan fingerprint density at radius 2 is 2.10 bits per heavy atom. The predicted molar refractivity (Wildman–Crippen MR) is 80.7 cm³/mol. The van der Waals surface area contributed by atoms with E-state index in [2.05, 4.69) is 16.1 Å². The largest absolute Gasteiger partial charge is 0.390 e. The summed E-state index contributed by atoms with van der Waals surface area (Å²) in [4.78, 5) is 14.4. The molecule has 0 unspecified atom stereocenters. The van der Waals surface area contributed by atoms with Crippen LogP contribution in [0.1, 0.15) is 38.5 Å². The zero-order valence-corrected chi connectivity index (χ0v) is 12.6. The fourth-order valence-corrected chi connectivity index (χ4v) is 3.07. The van der Waals surface area contributed by atoms with E-state index in [9.17, 15) is 9.90 Å². The molecule has 0 spiro atoms. The number of hydrogen-bond acceptors (Lipinski definition) is 4. The average molecular weight is 294 g/mol. The molecule has 5 heteroatoms. The van der Waals surface area contributed by atoms with Gasteiger partial charge in [0, 0.05) is 6.54 Å². The maximum absolute atomic E-state index is 11.9. The van der Waals surface area contributed by atoms with Crippen molar-refractivity contribution in [3.8, 4) is 12.3 Å². The van der Waals surface area contributed by atoms with Gasteiger partial charge >= 0.3 is 0 Å². The highest BCUT2D eigenvalue weighted by atomic mass is 16.5. The first-order valence-corrected chi connectivity index (χ1v) is 7.97. The Morgan fingerprint density at radius 1 is 1.33 bits per heavy atom. The van der Waals surface area contributed by atoms with Crippen molar-refractivity contribution in [2.75, 3.05) is 26.2 Å². The number of nitrogens with one attached hydrogen (secondary N) is 1. The Balaban J connectivity index is 1.76. The number of carbonyl (C=O) groups is 1. The Bertz CT molecular complexity index is 374. The number of nitrogens with zero attached hydrogens (tertiary/aromatic N) is 1. The highest BCUT2D eigenvalue weighted by molar-refractivity contribution is 5.81. The van der Waals surface area contributed by atoms with Gasteiger partial charge in [-0.2, -0.15) is 0 Å². The van der Waals surface area contributed by atoms with E-state index < -0.39 is 12.2 Å². The number of aliphatic hydroxyl groups is 1. The van der Waals surface area contributed by atoms with Crippen LogP contribution in [0.3, 0.4) is 0 Å². The van der Waals surface area contributed by atoms with Gasteiger partial charge < -0.3 is 20.1 Å². The lowest BCUT2D eigenvalue weighted by atomic mass is 9.98. The van der Waals surface area contributed by atoms with Crippen molar-refractivity contribution in [1.82, 2.24) is 10.2 Å². The van der Waals surface area contributed by atoms with E-state index in [1.54, 1.807) is 0 Å². The summed E-state index contributed by atoms with van der Waals surface area (Å²) in [5.74, 6) is 2.05. The molecule has 118 valence electrons. The summed E-state index contributed by atoms with van der Waals surface area (Å²) in [5.41, 5.74) is 0. The smallest absolute Gasteiger partial charge is 0.252 e. The van der Waals surface area contributed by atoms with Gasteiger partial charge in [-0.25, -0.2) is 0 Å². The zero-order valence-electron chi connectivity index (χ0n) is 12.6. The van der Waals surface area contributed by atoms with Gasteiger partial charge in [-0.05, 0) is 45.2 Å². The fraction of sp³-hybridized carbons (Fsp3) is 0.812. The number of terminal acetylenes is 1. The molecule has 0 aromatic rings. The Morgan fingerprint density at radius 3 is 2.81 bits per heavy atom. The Labute approximate surface area is 127 Å². The molecule has 0 aromatic carbocycles. The second-order valence-electron chi connectivity index (χ2n) is 5.94. The van der Waals surface area contributed by atoms with E-state index in [-0.39, 0.29) is 18.6 Å².